The summed E-state index contributed by atoms with van der Waals surface area (Å²) in [6, 6.07) is 0. The second-order valence-electron chi connectivity index (χ2n) is 2.19. The first-order valence-corrected chi connectivity index (χ1v) is 3.22. The second-order valence-corrected chi connectivity index (χ2v) is 2.19. The highest BCUT2D eigenvalue weighted by Gasteiger charge is 2.15. The van der Waals surface area contributed by atoms with Gasteiger partial charge >= 0.3 is 0 Å². The van der Waals surface area contributed by atoms with Crippen LogP contribution in [0.4, 0.5) is 0 Å². The van der Waals surface area contributed by atoms with Crippen molar-refractivity contribution in [3.05, 3.63) is 6.61 Å². The summed E-state index contributed by atoms with van der Waals surface area (Å²) in [7, 11) is 0. The Bertz CT molecular complexity index is 61.3. The lowest BCUT2D eigenvalue weighted by molar-refractivity contribution is -0.190. The molecule has 0 aromatic heterocycles. The molecule has 55 valence electrons. The molecule has 0 spiro atoms. The molecule has 0 heterocycles. The summed E-state index contributed by atoms with van der Waals surface area (Å²) in [5.41, 5.74) is 0. The SMILES string of the molecule is C[CH]OC(C)(C)OCC. The molecule has 0 bridgehead atoms. The third-order valence-electron chi connectivity index (χ3n) is 0.894. The van der Waals surface area contributed by atoms with E-state index in [2.05, 4.69) is 0 Å². The average molecular weight is 131 g/mol. The fourth-order valence-corrected chi connectivity index (χ4v) is 0.665. The van der Waals surface area contributed by atoms with Gasteiger partial charge in [0.1, 0.15) is 0 Å². The highest BCUT2D eigenvalue weighted by Crippen LogP contribution is 2.11. The molecule has 0 rings (SSSR count). The van der Waals surface area contributed by atoms with Crippen LogP contribution in [0.25, 0.3) is 0 Å². The largest absolute Gasteiger partial charge is 0.351 e. The third-order valence-corrected chi connectivity index (χ3v) is 0.894. The lowest BCUT2D eigenvalue weighted by atomic mass is 10.4. The van der Waals surface area contributed by atoms with E-state index in [1.807, 2.05) is 27.7 Å². The molecule has 0 aromatic carbocycles. The molecule has 0 aliphatic rings. The number of rotatable bonds is 4. The van der Waals surface area contributed by atoms with E-state index >= 15 is 0 Å². The molecule has 1 radical (unpaired) electrons. The lowest BCUT2D eigenvalue weighted by Gasteiger charge is -2.23. The Morgan fingerprint density at radius 3 is 2.33 bits per heavy atom. The first kappa shape index (κ1) is 8.92. The Hall–Kier alpha value is -0.0800. The van der Waals surface area contributed by atoms with Gasteiger partial charge in [0.25, 0.3) is 0 Å². The normalized spacial score (nSPS) is 12.0. The third kappa shape index (κ3) is 4.43. The van der Waals surface area contributed by atoms with E-state index in [0.29, 0.717) is 6.61 Å². The number of hydrogen-bond acceptors (Lipinski definition) is 2. The van der Waals surface area contributed by atoms with Crippen molar-refractivity contribution >= 4 is 0 Å². The van der Waals surface area contributed by atoms with Gasteiger partial charge in [0.15, 0.2) is 5.79 Å². The monoisotopic (exact) mass is 131 g/mol. The van der Waals surface area contributed by atoms with Gasteiger partial charge in [-0.3, -0.25) is 0 Å². The minimum absolute atomic E-state index is 0.455. The van der Waals surface area contributed by atoms with E-state index in [1.165, 1.54) is 0 Å². The molecule has 2 nitrogen and oxygen atoms in total. The van der Waals surface area contributed by atoms with E-state index in [4.69, 9.17) is 9.47 Å². The van der Waals surface area contributed by atoms with Gasteiger partial charge in [-0.2, -0.15) is 0 Å². The smallest absolute Gasteiger partial charge is 0.163 e. The standard InChI is InChI=1S/C7H15O2/c1-5-8-7(3,4)9-6-2/h5H,6H2,1-4H3. The summed E-state index contributed by atoms with van der Waals surface area (Å²) < 4.78 is 10.3. The zero-order valence-corrected chi connectivity index (χ0v) is 6.60. The Labute approximate surface area is 57.2 Å². The van der Waals surface area contributed by atoms with Crippen LogP contribution in [0.15, 0.2) is 0 Å². The molecule has 0 unspecified atom stereocenters. The van der Waals surface area contributed by atoms with Gasteiger partial charge in [0, 0.05) is 6.61 Å². The summed E-state index contributed by atoms with van der Waals surface area (Å²) in [5, 5.41) is 0. The molecule has 0 amide bonds. The minimum atomic E-state index is -0.455. The molecule has 9 heavy (non-hydrogen) atoms. The maximum atomic E-state index is 5.22. The quantitative estimate of drug-likeness (QED) is 0.543. The van der Waals surface area contributed by atoms with Crippen molar-refractivity contribution in [2.24, 2.45) is 0 Å². The van der Waals surface area contributed by atoms with Crippen LogP contribution >= 0.6 is 0 Å². The van der Waals surface area contributed by atoms with E-state index in [1.54, 1.807) is 6.61 Å². The molecule has 0 aromatic rings. The van der Waals surface area contributed by atoms with Crippen LogP contribution in [0, 0.1) is 6.61 Å². The van der Waals surface area contributed by atoms with E-state index in [0.717, 1.165) is 0 Å². The highest BCUT2D eigenvalue weighted by atomic mass is 16.7. The maximum absolute atomic E-state index is 5.22. The zero-order chi connectivity index (χ0) is 7.33. The summed E-state index contributed by atoms with van der Waals surface area (Å²) in [4.78, 5) is 0. The predicted octanol–water partition coefficient (Wildman–Crippen LogP) is 1.96. The second kappa shape index (κ2) is 3.85. The van der Waals surface area contributed by atoms with Crippen molar-refractivity contribution in [2.45, 2.75) is 33.5 Å². The van der Waals surface area contributed by atoms with Crippen LogP contribution in [0.1, 0.15) is 27.7 Å². The van der Waals surface area contributed by atoms with Gasteiger partial charge in [-0.25, -0.2) is 0 Å². The molecule has 0 aliphatic carbocycles. The van der Waals surface area contributed by atoms with Crippen LogP contribution in [-0.4, -0.2) is 12.4 Å². The summed E-state index contributed by atoms with van der Waals surface area (Å²) in [5.74, 6) is -0.455. The topological polar surface area (TPSA) is 18.5 Å². The van der Waals surface area contributed by atoms with Crippen LogP contribution in [0.2, 0.25) is 0 Å². The van der Waals surface area contributed by atoms with Gasteiger partial charge in [-0.05, 0) is 27.7 Å². The molecule has 0 fully saturated rings. The lowest BCUT2D eigenvalue weighted by Crippen LogP contribution is -2.26. The van der Waals surface area contributed by atoms with Gasteiger partial charge < -0.3 is 9.47 Å². The number of hydrogen-bond donors (Lipinski definition) is 0. The van der Waals surface area contributed by atoms with E-state index in [-0.39, 0.29) is 0 Å². The Morgan fingerprint density at radius 1 is 1.44 bits per heavy atom. The summed E-state index contributed by atoms with van der Waals surface area (Å²) in [6.45, 7) is 9.87. The molecule has 0 atom stereocenters. The summed E-state index contributed by atoms with van der Waals surface area (Å²) in [6.07, 6.45) is 0. The predicted molar refractivity (Wildman–Crippen MR) is 36.8 cm³/mol. The first-order chi connectivity index (χ1) is 4.12. The van der Waals surface area contributed by atoms with Crippen molar-refractivity contribution in [2.75, 3.05) is 6.61 Å². The van der Waals surface area contributed by atoms with Gasteiger partial charge in [-0.1, -0.05) is 0 Å². The van der Waals surface area contributed by atoms with Crippen molar-refractivity contribution in [1.29, 1.82) is 0 Å². The maximum Gasteiger partial charge on any atom is 0.163 e. The van der Waals surface area contributed by atoms with E-state index in [9.17, 15) is 0 Å². The van der Waals surface area contributed by atoms with Crippen molar-refractivity contribution in [1.82, 2.24) is 0 Å². The average Bonchev–Trinajstić information content (AvgIpc) is 1.64. The zero-order valence-electron chi connectivity index (χ0n) is 6.60. The molecular formula is C7H15O2. The molecule has 2 heteroatoms. The fraction of sp³-hybridized carbons (Fsp3) is 0.857. The summed E-state index contributed by atoms with van der Waals surface area (Å²) >= 11 is 0. The van der Waals surface area contributed by atoms with Gasteiger partial charge in [0.2, 0.25) is 0 Å². The fourth-order valence-electron chi connectivity index (χ4n) is 0.665. The van der Waals surface area contributed by atoms with Gasteiger partial charge in [0.05, 0.1) is 6.61 Å². The minimum Gasteiger partial charge on any atom is -0.351 e. The van der Waals surface area contributed by atoms with Crippen molar-refractivity contribution in [3.8, 4) is 0 Å². The number of ether oxygens (including phenoxy) is 2. The van der Waals surface area contributed by atoms with Crippen LogP contribution in [0.5, 0.6) is 0 Å². The molecule has 0 saturated carbocycles. The molecule has 0 N–H and O–H groups in total. The first-order valence-electron chi connectivity index (χ1n) is 3.22. The van der Waals surface area contributed by atoms with Gasteiger partial charge in [-0.15, -0.1) is 0 Å². The molecule has 0 saturated heterocycles. The van der Waals surface area contributed by atoms with E-state index < -0.39 is 5.79 Å². The van der Waals surface area contributed by atoms with Crippen LogP contribution in [0.3, 0.4) is 0 Å². The molecule has 0 aliphatic heterocycles. The van der Waals surface area contributed by atoms with Crippen LogP contribution < -0.4 is 0 Å². The van der Waals surface area contributed by atoms with Crippen molar-refractivity contribution < 1.29 is 9.47 Å². The van der Waals surface area contributed by atoms with Crippen LogP contribution in [-0.2, 0) is 9.47 Å². The van der Waals surface area contributed by atoms with Crippen molar-refractivity contribution in [3.63, 3.8) is 0 Å². The Kier molecular flexibility index (Phi) is 3.82. The molecular weight excluding hydrogens is 116 g/mol. The highest BCUT2D eigenvalue weighted by molar-refractivity contribution is 4.54. The Balaban J connectivity index is 3.43. The Morgan fingerprint density at radius 2 is 2.00 bits per heavy atom.